The van der Waals surface area contributed by atoms with Crippen LogP contribution in [0.5, 0.6) is 0 Å². The number of hydrogen-bond acceptors (Lipinski definition) is 1. The third-order valence-electron chi connectivity index (χ3n) is 1.22. The van der Waals surface area contributed by atoms with Crippen molar-refractivity contribution in [3.8, 4) is 0 Å². The first-order chi connectivity index (χ1) is 4.85. The zero-order valence-electron chi connectivity index (χ0n) is 6.67. The van der Waals surface area contributed by atoms with Gasteiger partial charge in [-0.1, -0.05) is 30.4 Å². The Kier molecular flexibility index (Phi) is 5.79. The van der Waals surface area contributed by atoms with Crippen LogP contribution in [0.1, 0.15) is 13.8 Å². The average Bonchev–Trinajstić information content (AvgIpc) is 1.99. The van der Waals surface area contributed by atoms with E-state index in [1.807, 2.05) is 44.2 Å². The van der Waals surface area contributed by atoms with E-state index in [0.29, 0.717) is 6.54 Å². The number of allylic oxidation sites excluding steroid dienone is 4. The van der Waals surface area contributed by atoms with Gasteiger partial charge >= 0.3 is 0 Å². The van der Waals surface area contributed by atoms with E-state index in [4.69, 9.17) is 5.73 Å². The lowest BCUT2D eigenvalue weighted by atomic mass is 10.2. The molecule has 0 atom stereocenters. The van der Waals surface area contributed by atoms with Crippen molar-refractivity contribution >= 4 is 0 Å². The Labute approximate surface area is 62.9 Å². The fourth-order valence-corrected chi connectivity index (χ4v) is 0.572. The maximum atomic E-state index is 5.42. The Hall–Kier alpha value is -0.820. The molecular weight excluding hydrogens is 122 g/mol. The van der Waals surface area contributed by atoms with Gasteiger partial charge in [-0.15, -0.1) is 0 Å². The second kappa shape index (κ2) is 6.30. The highest BCUT2D eigenvalue weighted by atomic mass is 14.5. The maximum Gasteiger partial charge on any atom is 0.0174 e. The van der Waals surface area contributed by atoms with Crippen molar-refractivity contribution in [1.82, 2.24) is 0 Å². The zero-order valence-corrected chi connectivity index (χ0v) is 6.67. The third-order valence-corrected chi connectivity index (χ3v) is 1.22. The zero-order chi connectivity index (χ0) is 7.82. The molecule has 0 fully saturated rings. The van der Waals surface area contributed by atoms with E-state index in [9.17, 15) is 0 Å². The van der Waals surface area contributed by atoms with Gasteiger partial charge < -0.3 is 5.73 Å². The van der Waals surface area contributed by atoms with Crippen molar-refractivity contribution in [2.75, 3.05) is 6.54 Å². The molecule has 56 valence electrons. The molecule has 0 unspecified atom stereocenters. The van der Waals surface area contributed by atoms with E-state index in [0.717, 1.165) is 5.57 Å². The molecule has 0 amide bonds. The van der Waals surface area contributed by atoms with Crippen LogP contribution in [0.15, 0.2) is 36.0 Å². The molecule has 0 aliphatic carbocycles. The first kappa shape index (κ1) is 9.18. The average molecular weight is 137 g/mol. The summed E-state index contributed by atoms with van der Waals surface area (Å²) in [6, 6.07) is 0. The molecule has 0 saturated carbocycles. The van der Waals surface area contributed by atoms with Crippen LogP contribution in [0.3, 0.4) is 0 Å². The Balaban J connectivity index is 3.85. The van der Waals surface area contributed by atoms with Crippen LogP contribution in [0.25, 0.3) is 0 Å². The molecule has 1 nitrogen and oxygen atoms in total. The highest BCUT2D eigenvalue weighted by Crippen LogP contribution is 1.92. The van der Waals surface area contributed by atoms with Crippen molar-refractivity contribution in [2.45, 2.75) is 13.8 Å². The summed E-state index contributed by atoms with van der Waals surface area (Å²) >= 11 is 0. The molecule has 0 heterocycles. The van der Waals surface area contributed by atoms with E-state index in [1.54, 1.807) is 0 Å². The molecule has 0 rings (SSSR count). The van der Waals surface area contributed by atoms with Crippen molar-refractivity contribution < 1.29 is 0 Å². The molecule has 0 aromatic rings. The van der Waals surface area contributed by atoms with E-state index >= 15 is 0 Å². The summed E-state index contributed by atoms with van der Waals surface area (Å²) in [5, 5.41) is 0. The molecule has 0 aliphatic rings. The minimum Gasteiger partial charge on any atom is -0.327 e. The lowest BCUT2D eigenvalue weighted by Gasteiger charge is -1.91. The Bertz CT molecular complexity index is 152. The highest BCUT2D eigenvalue weighted by molar-refractivity contribution is 5.22. The molecule has 2 N–H and O–H groups in total. The minimum absolute atomic E-state index is 0.616. The van der Waals surface area contributed by atoms with Crippen LogP contribution < -0.4 is 5.73 Å². The monoisotopic (exact) mass is 137 g/mol. The van der Waals surface area contributed by atoms with Crippen LogP contribution >= 0.6 is 0 Å². The first-order valence-electron chi connectivity index (χ1n) is 3.49. The van der Waals surface area contributed by atoms with Crippen LogP contribution in [-0.2, 0) is 0 Å². The van der Waals surface area contributed by atoms with Gasteiger partial charge in [0.1, 0.15) is 0 Å². The summed E-state index contributed by atoms with van der Waals surface area (Å²) in [4.78, 5) is 0. The van der Waals surface area contributed by atoms with Crippen LogP contribution in [-0.4, -0.2) is 6.54 Å². The maximum absolute atomic E-state index is 5.42. The molecule has 0 radical (unpaired) electrons. The number of nitrogens with two attached hydrogens (primary N) is 1. The highest BCUT2D eigenvalue weighted by Gasteiger charge is 1.80. The van der Waals surface area contributed by atoms with Gasteiger partial charge in [0.25, 0.3) is 0 Å². The number of rotatable bonds is 3. The van der Waals surface area contributed by atoms with Gasteiger partial charge in [0.05, 0.1) is 0 Å². The predicted octanol–water partition coefficient (Wildman–Crippen LogP) is 2.02. The second-order valence-corrected chi connectivity index (χ2v) is 1.95. The smallest absolute Gasteiger partial charge is 0.0174 e. The molecule has 1 heteroatoms. The minimum atomic E-state index is 0.616. The molecule has 0 aliphatic heterocycles. The molecule has 0 aromatic heterocycles. The largest absolute Gasteiger partial charge is 0.327 e. The molecule has 0 spiro atoms. The summed E-state index contributed by atoms with van der Waals surface area (Å²) < 4.78 is 0. The van der Waals surface area contributed by atoms with Crippen LogP contribution in [0.2, 0.25) is 0 Å². The summed E-state index contributed by atoms with van der Waals surface area (Å²) in [6.07, 6.45) is 9.99. The van der Waals surface area contributed by atoms with E-state index in [1.165, 1.54) is 0 Å². The van der Waals surface area contributed by atoms with Gasteiger partial charge in [-0.05, 0) is 19.4 Å². The second-order valence-electron chi connectivity index (χ2n) is 1.95. The van der Waals surface area contributed by atoms with Gasteiger partial charge in [-0.2, -0.15) is 0 Å². The normalized spacial score (nSPS) is 13.7. The van der Waals surface area contributed by atoms with Gasteiger partial charge in [0.15, 0.2) is 0 Å². The summed E-state index contributed by atoms with van der Waals surface area (Å²) in [7, 11) is 0. The quantitative estimate of drug-likeness (QED) is 0.592. The van der Waals surface area contributed by atoms with Crippen molar-refractivity contribution in [3.05, 3.63) is 36.0 Å². The third kappa shape index (κ3) is 4.10. The standard InChI is InChI=1S/C9H15N/c1-3-5-6-7-9(4-2)8-10/h3-7H,8,10H2,1-2H3/b5-3-,7-6-,9-4-. The fourth-order valence-electron chi connectivity index (χ4n) is 0.572. The molecule has 10 heavy (non-hydrogen) atoms. The van der Waals surface area contributed by atoms with Crippen molar-refractivity contribution in [3.63, 3.8) is 0 Å². The number of hydrogen-bond donors (Lipinski definition) is 1. The van der Waals surface area contributed by atoms with Crippen molar-refractivity contribution in [1.29, 1.82) is 0 Å². The van der Waals surface area contributed by atoms with Gasteiger partial charge in [-0.25, -0.2) is 0 Å². The SMILES string of the molecule is C\C=C/C=C\C(=C\C)CN. The van der Waals surface area contributed by atoms with Gasteiger partial charge in [0, 0.05) is 6.54 Å². The van der Waals surface area contributed by atoms with E-state index in [2.05, 4.69) is 0 Å². The van der Waals surface area contributed by atoms with Crippen LogP contribution in [0, 0.1) is 0 Å². The Morgan fingerprint density at radius 1 is 1.30 bits per heavy atom. The van der Waals surface area contributed by atoms with E-state index < -0.39 is 0 Å². The predicted molar refractivity (Wildman–Crippen MR) is 46.8 cm³/mol. The summed E-state index contributed by atoms with van der Waals surface area (Å²) in [5.41, 5.74) is 6.59. The molecular formula is C9H15N. The fraction of sp³-hybridized carbons (Fsp3) is 0.333. The van der Waals surface area contributed by atoms with Gasteiger partial charge in [0.2, 0.25) is 0 Å². The lowest BCUT2D eigenvalue weighted by molar-refractivity contribution is 1.18. The van der Waals surface area contributed by atoms with Crippen LogP contribution in [0.4, 0.5) is 0 Å². The Morgan fingerprint density at radius 3 is 2.40 bits per heavy atom. The first-order valence-corrected chi connectivity index (χ1v) is 3.49. The van der Waals surface area contributed by atoms with Gasteiger partial charge in [-0.3, -0.25) is 0 Å². The van der Waals surface area contributed by atoms with E-state index in [-0.39, 0.29) is 0 Å². The lowest BCUT2D eigenvalue weighted by Crippen LogP contribution is -1.99. The molecule has 0 saturated heterocycles. The summed E-state index contributed by atoms with van der Waals surface area (Å²) in [6.45, 7) is 4.59. The molecule has 0 aromatic carbocycles. The summed E-state index contributed by atoms with van der Waals surface area (Å²) in [5.74, 6) is 0. The Morgan fingerprint density at radius 2 is 2.00 bits per heavy atom. The van der Waals surface area contributed by atoms with Crippen molar-refractivity contribution in [2.24, 2.45) is 5.73 Å². The topological polar surface area (TPSA) is 26.0 Å². The molecule has 0 bridgehead atoms.